The van der Waals surface area contributed by atoms with E-state index >= 15 is 0 Å². The van der Waals surface area contributed by atoms with Crippen LogP contribution in [0.25, 0.3) is 27.7 Å². The molecule has 10 heteroatoms. The summed E-state index contributed by atoms with van der Waals surface area (Å²) in [6, 6.07) is 18.5. The molecular weight excluding hydrogens is 464 g/mol. The Hall–Kier alpha value is -4.12. The van der Waals surface area contributed by atoms with Gasteiger partial charge in [0.25, 0.3) is 11.2 Å². The van der Waals surface area contributed by atoms with Crippen molar-refractivity contribution in [3.05, 3.63) is 92.8 Å². The zero-order valence-corrected chi connectivity index (χ0v) is 19.3. The maximum absolute atomic E-state index is 13.6. The van der Waals surface area contributed by atoms with Crippen molar-refractivity contribution < 1.29 is 19.9 Å². The molecule has 184 valence electrons. The molecule has 1 fully saturated rings. The SMILES string of the molecule is O=c1c2ccccc2c(-c2cccc(C(O)CO)c2)nn1-c1cc(N2CCOCC2)ccc1[N+](=O)[O-]. The number of hydrogen-bond donors (Lipinski definition) is 2. The second kappa shape index (κ2) is 9.86. The van der Waals surface area contributed by atoms with Gasteiger partial charge in [0, 0.05) is 35.8 Å². The predicted octanol–water partition coefficient (Wildman–Crippen LogP) is 2.82. The minimum absolute atomic E-state index is 0.0625. The predicted molar refractivity (Wildman–Crippen MR) is 135 cm³/mol. The molecule has 2 N–H and O–H groups in total. The van der Waals surface area contributed by atoms with Crippen LogP contribution in [0, 0.1) is 10.1 Å². The third-order valence-electron chi connectivity index (χ3n) is 6.28. The van der Waals surface area contributed by atoms with Crippen LogP contribution < -0.4 is 10.5 Å². The molecule has 1 atom stereocenters. The second-order valence-electron chi connectivity index (χ2n) is 8.46. The molecule has 0 spiro atoms. The minimum Gasteiger partial charge on any atom is -0.393 e. The normalized spacial score (nSPS) is 14.7. The summed E-state index contributed by atoms with van der Waals surface area (Å²) in [6.07, 6.45) is -1.08. The van der Waals surface area contributed by atoms with E-state index < -0.39 is 23.2 Å². The number of ether oxygens (including phenoxy) is 1. The van der Waals surface area contributed by atoms with Gasteiger partial charge < -0.3 is 19.8 Å². The Morgan fingerprint density at radius 2 is 1.78 bits per heavy atom. The van der Waals surface area contributed by atoms with Crippen molar-refractivity contribution in [3.63, 3.8) is 0 Å². The molecule has 0 bridgehead atoms. The van der Waals surface area contributed by atoms with Crippen LogP contribution in [-0.4, -0.2) is 57.8 Å². The molecule has 1 aromatic heterocycles. The van der Waals surface area contributed by atoms with Gasteiger partial charge in [-0.25, -0.2) is 0 Å². The maximum atomic E-state index is 13.6. The Kier molecular flexibility index (Phi) is 6.47. The van der Waals surface area contributed by atoms with Crippen LogP contribution in [0.5, 0.6) is 0 Å². The molecule has 5 rings (SSSR count). The second-order valence-corrected chi connectivity index (χ2v) is 8.46. The van der Waals surface area contributed by atoms with Crippen molar-refractivity contribution in [2.45, 2.75) is 6.10 Å². The molecule has 36 heavy (non-hydrogen) atoms. The number of hydrogen-bond acceptors (Lipinski definition) is 8. The van der Waals surface area contributed by atoms with Gasteiger partial charge >= 0.3 is 0 Å². The van der Waals surface area contributed by atoms with Crippen molar-refractivity contribution in [2.75, 3.05) is 37.8 Å². The van der Waals surface area contributed by atoms with Gasteiger partial charge in [-0.1, -0.05) is 36.4 Å². The fourth-order valence-electron chi connectivity index (χ4n) is 4.42. The Labute approximate surface area is 205 Å². The van der Waals surface area contributed by atoms with Gasteiger partial charge in [-0.15, -0.1) is 0 Å². The minimum atomic E-state index is -1.08. The van der Waals surface area contributed by atoms with Crippen LogP contribution in [-0.2, 0) is 4.74 Å². The van der Waals surface area contributed by atoms with Crippen LogP contribution in [0.4, 0.5) is 11.4 Å². The topological polar surface area (TPSA) is 131 Å². The van der Waals surface area contributed by atoms with Gasteiger partial charge in [-0.05, 0) is 29.8 Å². The first-order chi connectivity index (χ1) is 17.5. The molecule has 2 heterocycles. The molecule has 0 radical (unpaired) electrons. The summed E-state index contributed by atoms with van der Waals surface area (Å²) in [5.41, 5.74) is 1.57. The van der Waals surface area contributed by atoms with E-state index in [2.05, 4.69) is 5.10 Å². The zero-order valence-electron chi connectivity index (χ0n) is 19.3. The number of rotatable bonds is 6. The molecule has 4 aromatic rings. The number of nitro benzene ring substituents is 1. The lowest BCUT2D eigenvalue weighted by atomic mass is 10.0. The smallest absolute Gasteiger partial charge is 0.295 e. The van der Waals surface area contributed by atoms with Gasteiger partial charge in [0.2, 0.25) is 0 Å². The van der Waals surface area contributed by atoms with Crippen LogP contribution in [0.2, 0.25) is 0 Å². The van der Waals surface area contributed by atoms with Crippen molar-refractivity contribution in [3.8, 4) is 16.9 Å². The molecule has 3 aromatic carbocycles. The highest BCUT2D eigenvalue weighted by Crippen LogP contribution is 2.31. The van der Waals surface area contributed by atoms with Gasteiger partial charge in [-0.3, -0.25) is 14.9 Å². The van der Waals surface area contributed by atoms with E-state index in [1.165, 1.54) is 6.07 Å². The molecular formula is C26H24N4O6. The lowest BCUT2D eigenvalue weighted by molar-refractivity contribution is -0.384. The number of nitro groups is 1. The van der Waals surface area contributed by atoms with Crippen molar-refractivity contribution in [1.82, 2.24) is 9.78 Å². The quantitative estimate of drug-likeness (QED) is 0.313. The third-order valence-corrected chi connectivity index (χ3v) is 6.28. The summed E-state index contributed by atoms with van der Waals surface area (Å²) >= 11 is 0. The molecule has 1 aliphatic heterocycles. The number of fused-ring (bicyclic) bond motifs is 1. The van der Waals surface area contributed by atoms with Gasteiger partial charge in [0.15, 0.2) is 0 Å². The Morgan fingerprint density at radius 3 is 2.50 bits per heavy atom. The standard InChI is InChI=1S/C26H24N4O6/c31-16-24(32)17-4-3-5-18(14-17)25-20-6-1-2-7-21(20)26(33)29(27-25)23-15-19(8-9-22(23)30(34)35)28-10-12-36-13-11-28/h1-9,14-15,24,31-32H,10-13,16H2. The van der Waals surface area contributed by atoms with Crippen LogP contribution >= 0.6 is 0 Å². The third kappa shape index (κ3) is 4.33. The number of aliphatic hydroxyl groups is 2. The van der Waals surface area contributed by atoms with Crippen LogP contribution in [0.3, 0.4) is 0 Å². The molecule has 0 aliphatic carbocycles. The van der Waals surface area contributed by atoms with Gasteiger partial charge in [0.05, 0.1) is 35.8 Å². The lowest BCUT2D eigenvalue weighted by Gasteiger charge is -2.29. The molecule has 1 unspecified atom stereocenters. The molecule has 0 saturated carbocycles. The summed E-state index contributed by atoms with van der Waals surface area (Å²) in [5, 5.41) is 37.0. The number of nitrogens with zero attached hydrogens (tertiary/aromatic N) is 4. The number of aliphatic hydroxyl groups excluding tert-OH is 2. The Morgan fingerprint density at radius 1 is 1.03 bits per heavy atom. The Balaban J connectivity index is 1.76. The van der Waals surface area contributed by atoms with Crippen molar-refractivity contribution in [1.29, 1.82) is 0 Å². The van der Waals surface area contributed by atoms with Crippen molar-refractivity contribution in [2.24, 2.45) is 0 Å². The lowest BCUT2D eigenvalue weighted by Crippen LogP contribution is -2.36. The highest BCUT2D eigenvalue weighted by Gasteiger charge is 2.23. The van der Waals surface area contributed by atoms with E-state index in [1.54, 1.807) is 60.7 Å². The summed E-state index contributed by atoms with van der Waals surface area (Å²) < 4.78 is 6.49. The highest BCUT2D eigenvalue weighted by atomic mass is 16.6. The van der Waals surface area contributed by atoms with Crippen molar-refractivity contribution >= 4 is 22.1 Å². The zero-order chi connectivity index (χ0) is 25.2. The highest BCUT2D eigenvalue weighted by molar-refractivity contribution is 5.94. The first-order valence-electron chi connectivity index (χ1n) is 11.5. The first kappa shape index (κ1) is 23.6. The van der Waals surface area contributed by atoms with E-state index in [-0.39, 0.29) is 11.4 Å². The summed E-state index contributed by atoms with van der Waals surface area (Å²) in [7, 11) is 0. The summed E-state index contributed by atoms with van der Waals surface area (Å²) in [5.74, 6) is 0. The molecule has 1 saturated heterocycles. The number of aromatic nitrogens is 2. The van der Waals surface area contributed by atoms with E-state index in [0.717, 1.165) is 10.4 Å². The largest absolute Gasteiger partial charge is 0.393 e. The average Bonchev–Trinajstić information content (AvgIpc) is 2.93. The Bertz CT molecular complexity index is 1500. The fraction of sp³-hybridized carbons (Fsp3) is 0.231. The van der Waals surface area contributed by atoms with E-state index in [9.17, 15) is 25.1 Å². The summed E-state index contributed by atoms with van der Waals surface area (Å²) in [4.78, 5) is 27.0. The molecule has 10 nitrogen and oxygen atoms in total. The number of morpholine rings is 1. The fourth-order valence-corrected chi connectivity index (χ4v) is 4.42. The number of anilines is 1. The summed E-state index contributed by atoms with van der Waals surface area (Å²) in [6.45, 7) is 1.89. The monoisotopic (exact) mass is 488 g/mol. The number of benzene rings is 3. The average molecular weight is 489 g/mol. The van der Waals surface area contributed by atoms with E-state index in [4.69, 9.17) is 4.74 Å². The van der Waals surface area contributed by atoms with Crippen LogP contribution in [0.1, 0.15) is 11.7 Å². The first-order valence-corrected chi connectivity index (χ1v) is 11.5. The van der Waals surface area contributed by atoms with Gasteiger partial charge in [-0.2, -0.15) is 9.78 Å². The van der Waals surface area contributed by atoms with E-state index in [1.807, 2.05) is 4.90 Å². The molecule has 1 aliphatic rings. The maximum Gasteiger partial charge on any atom is 0.295 e. The van der Waals surface area contributed by atoms with Gasteiger partial charge in [0.1, 0.15) is 11.8 Å². The molecule has 0 amide bonds. The van der Waals surface area contributed by atoms with E-state index in [0.29, 0.717) is 53.9 Å². The van der Waals surface area contributed by atoms with Crippen LogP contribution in [0.15, 0.2) is 71.5 Å².